The second kappa shape index (κ2) is 5.95. The Bertz CT molecular complexity index is 422. The molecule has 1 fully saturated rings. The number of ether oxygens (including phenoxy) is 1. The number of sulfonamides is 1. The van der Waals surface area contributed by atoms with Gasteiger partial charge in [0.2, 0.25) is 10.0 Å². The third-order valence-electron chi connectivity index (χ3n) is 2.75. The number of hydrogen-bond acceptors (Lipinski definition) is 4. The molecule has 1 aliphatic rings. The van der Waals surface area contributed by atoms with Crippen molar-refractivity contribution in [2.45, 2.75) is 12.8 Å². The Hall–Kier alpha value is -0.430. The van der Waals surface area contributed by atoms with E-state index in [2.05, 4.69) is 4.72 Å². The van der Waals surface area contributed by atoms with Gasteiger partial charge in [-0.15, -0.1) is 11.3 Å². The molecule has 96 valence electrons. The summed E-state index contributed by atoms with van der Waals surface area (Å²) >= 11 is 1.65. The van der Waals surface area contributed by atoms with Gasteiger partial charge in [0.05, 0.1) is 12.4 Å². The van der Waals surface area contributed by atoms with Crippen LogP contribution in [0.4, 0.5) is 0 Å². The van der Waals surface area contributed by atoms with Gasteiger partial charge in [-0.05, 0) is 30.2 Å². The lowest BCUT2D eigenvalue weighted by atomic mass is 10.2. The van der Waals surface area contributed by atoms with E-state index >= 15 is 0 Å². The molecule has 2 heterocycles. The highest BCUT2D eigenvalue weighted by Gasteiger charge is 2.22. The fourth-order valence-electron chi connectivity index (χ4n) is 1.87. The molecule has 17 heavy (non-hydrogen) atoms. The second-order valence-corrected chi connectivity index (χ2v) is 7.12. The molecule has 6 heteroatoms. The summed E-state index contributed by atoms with van der Waals surface area (Å²) in [5.74, 6) is 0.353. The summed E-state index contributed by atoms with van der Waals surface area (Å²) < 4.78 is 31.3. The van der Waals surface area contributed by atoms with Crippen molar-refractivity contribution in [2.75, 3.05) is 25.5 Å². The molecule has 1 atom stereocenters. The van der Waals surface area contributed by atoms with Gasteiger partial charge in [-0.3, -0.25) is 0 Å². The number of nitrogens with one attached hydrogen (secondary N) is 1. The van der Waals surface area contributed by atoms with Crippen molar-refractivity contribution >= 4 is 21.4 Å². The van der Waals surface area contributed by atoms with Gasteiger partial charge in [-0.1, -0.05) is 6.07 Å². The van der Waals surface area contributed by atoms with Crippen LogP contribution in [0.15, 0.2) is 17.5 Å². The molecule has 0 amide bonds. The van der Waals surface area contributed by atoms with Crippen LogP contribution in [0.5, 0.6) is 0 Å². The minimum atomic E-state index is -3.14. The number of rotatable bonds is 6. The number of hydrogen-bond donors (Lipinski definition) is 1. The first-order chi connectivity index (χ1) is 8.16. The molecule has 0 saturated carbocycles. The first-order valence-electron chi connectivity index (χ1n) is 5.73. The smallest absolute Gasteiger partial charge is 0.211 e. The van der Waals surface area contributed by atoms with Gasteiger partial charge in [-0.2, -0.15) is 0 Å². The van der Waals surface area contributed by atoms with Crippen molar-refractivity contribution < 1.29 is 13.2 Å². The molecule has 0 aliphatic carbocycles. The van der Waals surface area contributed by atoms with Crippen LogP contribution in [0.1, 0.15) is 11.3 Å². The van der Waals surface area contributed by atoms with Gasteiger partial charge in [0, 0.05) is 18.0 Å². The van der Waals surface area contributed by atoms with Gasteiger partial charge in [0.15, 0.2) is 0 Å². The molecule has 1 unspecified atom stereocenters. The van der Waals surface area contributed by atoms with Gasteiger partial charge in [0.25, 0.3) is 0 Å². The Morgan fingerprint density at radius 3 is 3.06 bits per heavy atom. The van der Waals surface area contributed by atoms with Crippen LogP contribution in [-0.2, 0) is 21.2 Å². The molecule has 1 aromatic rings. The monoisotopic (exact) mass is 275 g/mol. The lowest BCUT2D eigenvalue weighted by Crippen LogP contribution is -2.31. The summed E-state index contributed by atoms with van der Waals surface area (Å²) in [4.78, 5) is 1.21. The van der Waals surface area contributed by atoms with Crippen LogP contribution in [0.2, 0.25) is 0 Å². The molecule has 0 spiro atoms. The molecule has 0 bridgehead atoms. The van der Waals surface area contributed by atoms with Crippen molar-refractivity contribution in [3.05, 3.63) is 22.4 Å². The topological polar surface area (TPSA) is 55.4 Å². The fraction of sp³-hybridized carbons (Fsp3) is 0.636. The summed E-state index contributed by atoms with van der Waals surface area (Å²) in [6.45, 7) is 1.75. The molecule has 0 aromatic carbocycles. The van der Waals surface area contributed by atoms with E-state index in [9.17, 15) is 8.42 Å². The summed E-state index contributed by atoms with van der Waals surface area (Å²) in [7, 11) is -3.14. The van der Waals surface area contributed by atoms with Gasteiger partial charge in [0.1, 0.15) is 0 Å². The summed E-state index contributed by atoms with van der Waals surface area (Å²) in [5, 5.41) is 2.00. The van der Waals surface area contributed by atoms with Gasteiger partial charge < -0.3 is 4.74 Å². The highest BCUT2D eigenvalue weighted by molar-refractivity contribution is 7.89. The highest BCUT2D eigenvalue weighted by Crippen LogP contribution is 2.14. The predicted molar refractivity (Wildman–Crippen MR) is 68.7 cm³/mol. The highest BCUT2D eigenvalue weighted by atomic mass is 32.2. The molecule has 0 radical (unpaired) electrons. The number of thiophene rings is 1. The lowest BCUT2D eigenvalue weighted by Gasteiger charge is -2.09. The van der Waals surface area contributed by atoms with E-state index in [0.29, 0.717) is 19.8 Å². The first kappa shape index (κ1) is 13.0. The fourth-order valence-corrected chi connectivity index (χ4v) is 3.99. The molecule has 1 saturated heterocycles. The van der Waals surface area contributed by atoms with Crippen molar-refractivity contribution in [3.63, 3.8) is 0 Å². The van der Waals surface area contributed by atoms with Crippen LogP contribution in [0.25, 0.3) is 0 Å². The van der Waals surface area contributed by atoms with E-state index in [1.54, 1.807) is 11.3 Å². The molecular weight excluding hydrogens is 258 g/mol. The Balaban J connectivity index is 1.73. The average Bonchev–Trinajstić information content (AvgIpc) is 2.89. The minimum Gasteiger partial charge on any atom is -0.381 e. The third-order valence-corrected chi connectivity index (χ3v) is 5.24. The van der Waals surface area contributed by atoms with Crippen LogP contribution in [0, 0.1) is 5.92 Å². The SMILES string of the molecule is O=S(=O)(CC1CCOC1)NCCc1cccs1. The van der Waals surface area contributed by atoms with E-state index in [4.69, 9.17) is 4.74 Å². The van der Waals surface area contributed by atoms with Crippen molar-refractivity contribution in [1.82, 2.24) is 4.72 Å². The van der Waals surface area contributed by atoms with Crippen LogP contribution >= 0.6 is 11.3 Å². The zero-order valence-electron chi connectivity index (χ0n) is 9.59. The van der Waals surface area contributed by atoms with E-state index in [-0.39, 0.29) is 11.7 Å². The zero-order valence-corrected chi connectivity index (χ0v) is 11.2. The Labute approximate surface area is 106 Å². The molecule has 1 aliphatic heterocycles. The molecule has 1 aromatic heterocycles. The van der Waals surface area contributed by atoms with E-state index in [0.717, 1.165) is 12.8 Å². The quantitative estimate of drug-likeness (QED) is 0.850. The molecule has 2 rings (SSSR count). The van der Waals surface area contributed by atoms with Crippen LogP contribution in [0.3, 0.4) is 0 Å². The van der Waals surface area contributed by atoms with Crippen LogP contribution < -0.4 is 4.72 Å². The first-order valence-corrected chi connectivity index (χ1v) is 8.26. The van der Waals surface area contributed by atoms with Gasteiger partial charge in [-0.25, -0.2) is 13.1 Å². The van der Waals surface area contributed by atoms with Crippen LogP contribution in [-0.4, -0.2) is 33.9 Å². The van der Waals surface area contributed by atoms with Crippen molar-refractivity contribution in [2.24, 2.45) is 5.92 Å². The third kappa shape index (κ3) is 4.39. The lowest BCUT2D eigenvalue weighted by molar-refractivity contribution is 0.188. The van der Waals surface area contributed by atoms with E-state index < -0.39 is 10.0 Å². The van der Waals surface area contributed by atoms with E-state index in [1.807, 2.05) is 17.5 Å². The Morgan fingerprint density at radius 1 is 1.53 bits per heavy atom. The second-order valence-electron chi connectivity index (χ2n) is 4.23. The molecule has 1 N–H and O–H groups in total. The van der Waals surface area contributed by atoms with Crippen molar-refractivity contribution in [1.29, 1.82) is 0 Å². The molecule has 4 nitrogen and oxygen atoms in total. The minimum absolute atomic E-state index is 0.161. The Kier molecular flexibility index (Phi) is 4.55. The van der Waals surface area contributed by atoms with Gasteiger partial charge >= 0.3 is 0 Å². The summed E-state index contributed by atoms with van der Waals surface area (Å²) in [6, 6.07) is 3.99. The zero-order chi connectivity index (χ0) is 12.1. The van der Waals surface area contributed by atoms with Crippen molar-refractivity contribution in [3.8, 4) is 0 Å². The predicted octanol–water partition coefficient (Wildman–Crippen LogP) is 1.25. The summed E-state index contributed by atoms with van der Waals surface area (Å²) in [5.41, 5.74) is 0. The maximum atomic E-state index is 11.8. The Morgan fingerprint density at radius 2 is 2.41 bits per heavy atom. The largest absolute Gasteiger partial charge is 0.381 e. The maximum absolute atomic E-state index is 11.8. The molecular formula is C11H17NO3S2. The normalized spacial score (nSPS) is 20.8. The van der Waals surface area contributed by atoms with E-state index in [1.165, 1.54) is 4.88 Å². The maximum Gasteiger partial charge on any atom is 0.211 e. The summed E-state index contributed by atoms with van der Waals surface area (Å²) in [6.07, 6.45) is 1.61. The standard InChI is InChI=1S/C11H17NO3S2/c13-17(14,9-10-4-6-15-8-10)12-5-3-11-2-1-7-16-11/h1-2,7,10,12H,3-6,8-9H2. The average molecular weight is 275 g/mol.